The maximum Gasteiger partial charge on any atom is 0.324 e. The molecule has 0 aliphatic heterocycles. The van der Waals surface area contributed by atoms with Gasteiger partial charge in [-0.2, -0.15) is 9.57 Å². The topological polar surface area (TPSA) is 98.5 Å². The molecule has 1 aromatic rings. The maximum absolute atomic E-state index is 12.6. The second kappa shape index (κ2) is 6.24. The number of hydrogen-bond acceptors (Lipinski definition) is 4. The lowest BCUT2D eigenvalue weighted by Gasteiger charge is -2.33. The van der Waals surface area contributed by atoms with Crippen molar-refractivity contribution in [1.29, 1.82) is 5.26 Å². The van der Waals surface area contributed by atoms with Crippen LogP contribution in [0.15, 0.2) is 29.2 Å². The smallest absolute Gasteiger partial charge is 0.324 e. The average Bonchev–Trinajstić information content (AvgIpc) is 2.39. The van der Waals surface area contributed by atoms with Crippen LogP contribution in [0.25, 0.3) is 0 Å². The van der Waals surface area contributed by atoms with E-state index in [-0.39, 0.29) is 17.9 Å². The van der Waals surface area contributed by atoms with Crippen LogP contribution in [-0.4, -0.2) is 35.9 Å². The Morgan fingerprint density at radius 2 is 1.86 bits per heavy atom. The molecule has 0 bridgehead atoms. The Balaban J connectivity index is 3.26. The Hall–Kier alpha value is -1.91. The standard InChI is InChI=1S/C14H18N2O4S/c1-4-16(14(2,3)13(17)18)21(19,20)12-7-5-11(6-8-12)9-10-15/h5-8H,4,9H2,1-3H3,(H,17,18). The van der Waals surface area contributed by atoms with Gasteiger partial charge in [0.1, 0.15) is 5.54 Å². The summed E-state index contributed by atoms with van der Waals surface area (Å²) in [7, 11) is -3.92. The first-order chi connectivity index (χ1) is 9.67. The van der Waals surface area contributed by atoms with Gasteiger partial charge in [0.15, 0.2) is 0 Å². The number of sulfonamides is 1. The summed E-state index contributed by atoms with van der Waals surface area (Å²) in [5.41, 5.74) is -0.837. The van der Waals surface area contributed by atoms with E-state index in [2.05, 4.69) is 0 Å². The van der Waals surface area contributed by atoms with Gasteiger partial charge in [0, 0.05) is 6.54 Å². The second-order valence-corrected chi connectivity index (χ2v) is 6.88. The molecule has 0 fully saturated rings. The predicted molar refractivity (Wildman–Crippen MR) is 77.0 cm³/mol. The minimum atomic E-state index is -3.92. The van der Waals surface area contributed by atoms with E-state index >= 15 is 0 Å². The Kier molecular flexibility index (Phi) is 5.10. The Morgan fingerprint density at radius 1 is 1.33 bits per heavy atom. The van der Waals surface area contributed by atoms with Crippen LogP contribution in [0.3, 0.4) is 0 Å². The summed E-state index contributed by atoms with van der Waals surface area (Å²) in [4.78, 5) is 11.3. The van der Waals surface area contributed by atoms with E-state index in [0.29, 0.717) is 5.56 Å². The highest BCUT2D eigenvalue weighted by molar-refractivity contribution is 7.89. The highest BCUT2D eigenvalue weighted by Gasteiger charge is 2.41. The lowest BCUT2D eigenvalue weighted by molar-refractivity contribution is -0.146. The summed E-state index contributed by atoms with van der Waals surface area (Å²) in [5.74, 6) is -1.21. The fourth-order valence-electron chi connectivity index (χ4n) is 1.97. The van der Waals surface area contributed by atoms with Crippen molar-refractivity contribution < 1.29 is 18.3 Å². The molecule has 0 heterocycles. The number of carboxylic acids is 1. The zero-order valence-corrected chi connectivity index (χ0v) is 13.0. The number of aliphatic carboxylic acids is 1. The van der Waals surface area contributed by atoms with Crippen molar-refractivity contribution in [3.63, 3.8) is 0 Å². The Morgan fingerprint density at radius 3 is 2.24 bits per heavy atom. The number of likely N-dealkylation sites (N-methyl/N-ethyl adjacent to an activating group) is 1. The first kappa shape index (κ1) is 17.1. The minimum Gasteiger partial charge on any atom is -0.480 e. The van der Waals surface area contributed by atoms with Gasteiger partial charge < -0.3 is 5.11 Å². The second-order valence-electron chi connectivity index (χ2n) is 5.01. The highest BCUT2D eigenvalue weighted by Crippen LogP contribution is 2.25. The first-order valence-electron chi connectivity index (χ1n) is 6.40. The number of nitriles is 1. The van der Waals surface area contributed by atoms with Crippen molar-refractivity contribution in [1.82, 2.24) is 4.31 Å². The molecule has 1 N–H and O–H groups in total. The number of hydrogen-bond donors (Lipinski definition) is 1. The quantitative estimate of drug-likeness (QED) is 0.861. The third-order valence-electron chi connectivity index (χ3n) is 3.23. The molecule has 0 aliphatic carbocycles. The third-order valence-corrected chi connectivity index (χ3v) is 5.39. The van der Waals surface area contributed by atoms with E-state index in [9.17, 15) is 18.3 Å². The summed E-state index contributed by atoms with van der Waals surface area (Å²) in [6, 6.07) is 7.87. The van der Waals surface area contributed by atoms with Gasteiger partial charge in [-0.3, -0.25) is 4.79 Å². The zero-order valence-electron chi connectivity index (χ0n) is 12.2. The van der Waals surface area contributed by atoms with Crippen LogP contribution >= 0.6 is 0 Å². The molecular weight excluding hydrogens is 292 g/mol. The molecule has 7 heteroatoms. The number of rotatable bonds is 6. The minimum absolute atomic E-state index is 0.0142. The summed E-state index contributed by atoms with van der Waals surface area (Å²) in [6.07, 6.45) is 0.193. The highest BCUT2D eigenvalue weighted by atomic mass is 32.2. The van der Waals surface area contributed by atoms with E-state index in [1.54, 1.807) is 19.1 Å². The molecule has 0 spiro atoms. The van der Waals surface area contributed by atoms with Gasteiger partial charge in [-0.05, 0) is 31.5 Å². The molecule has 0 saturated heterocycles. The first-order valence-corrected chi connectivity index (χ1v) is 7.84. The van der Waals surface area contributed by atoms with Gasteiger partial charge in [0.25, 0.3) is 0 Å². The molecule has 114 valence electrons. The molecular formula is C14H18N2O4S. The zero-order chi connectivity index (χ0) is 16.3. The van der Waals surface area contributed by atoms with Crippen LogP contribution in [0.1, 0.15) is 26.3 Å². The molecule has 0 saturated carbocycles. The van der Waals surface area contributed by atoms with Crippen LogP contribution in [0.4, 0.5) is 0 Å². The van der Waals surface area contributed by atoms with Crippen molar-refractivity contribution in [2.75, 3.05) is 6.54 Å². The van der Waals surface area contributed by atoms with Crippen molar-refractivity contribution in [2.45, 2.75) is 37.6 Å². The lowest BCUT2D eigenvalue weighted by Crippen LogP contribution is -2.52. The van der Waals surface area contributed by atoms with Crippen LogP contribution in [0, 0.1) is 11.3 Å². The molecule has 0 amide bonds. The van der Waals surface area contributed by atoms with Crippen molar-refractivity contribution in [2.24, 2.45) is 0 Å². The summed E-state index contributed by atoms with van der Waals surface area (Å²) >= 11 is 0. The maximum atomic E-state index is 12.6. The van der Waals surface area contributed by atoms with E-state index < -0.39 is 21.5 Å². The van der Waals surface area contributed by atoms with E-state index in [1.807, 2.05) is 6.07 Å². The van der Waals surface area contributed by atoms with Gasteiger partial charge in [0.05, 0.1) is 17.4 Å². The van der Waals surface area contributed by atoms with E-state index in [0.717, 1.165) is 4.31 Å². The SMILES string of the molecule is CCN(C(C)(C)C(=O)O)S(=O)(=O)c1ccc(CC#N)cc1. The molecule has 1 aromatic carbocycles. The van der Waals surface area contributed by atoms with Gasteiger partial charge in [-0.25, -0.2) is 8.42 Å². The number of benzene rings is 1. The van der Waals surface area contributed by atoms with E-state index in [4.69, 9.17) is 5.26 Å². The Labute approximate surface area is 124 Å². The van der Waals surface area contributed by atoms with Crippen molar-refractivity contribution in [3.8, 4) is 6.07 Å². The summed E-state index contributed by atoms with van der Waals surface area (Å²) in [6.45, 7) is 4.33. The monoisotopic (exact) mass is 310 g/mol. The average molecular weight is 310 g/mol. The number of carbonyl (C=O) groups is 1. The fraction of sp³-hybridized carbons (Fsp3) is 0.429. The van der Waals surface area contributed by atoms with Crippen molar-refractivity contribution in [3.05, 3.63) is 29.8 Å². The molecule has 6 nitrogen and oxygen atoms in total. The fourth-order valence-corrected chi connectivity index (χ4v) is 3.72. The lowest BCUT2D eigenvalue weighted by atomic mass is 10.1. The summed E-state index contributed by atoms with van der Waals surface area (Å²) < 4.78 is 26.1. The van der Waals surface area contributed by atoms with Gasteiger partial charge in [-0.1, -0.05) is 19.1 Å². The van der Waals surface area contributed by atoms with Gasteiger partial charge in [0.2, 0.25) is 10.0 Å². The molecule has 0 radical (unpaired) electrons. The van der Waals surface area contributed by atoms with Crippen molar-refractivity contribution >= 4 is 16.0 Å². The molecule has 1 rings (SSSR count). The Bertz CT molecular complexity index is 657. The number of nitrogens with zero attached hydrogens (tertiary/aromatic N) is 2. The van der Waals surface area contributed by atoms with Crippen LogP contribution in [0.2, 0.25) is 0 Å². The number of carboxylic acid groups (broad SMARTS) is 1. The van der Waals surface area contributed by atoms with Crippen LogP contribution in [-0.2, 0) is 21.2 Å². The predicted octanol–water partition coefficient (Wildman–Crippen LogP) is 1.63. The van der Waals surface area contributed by atoms with Gasteiger partial charge in [-0.15, -0.1) is 0 Å². The summed E-state index contributed by atoms with van der Waals surface area (Å²) in [5, 5.41) is 17.8. The van der Waals surface area contributed by atoms with Crippen LogP contribution in [0.5, 0.6) is 0 Å². The molecule has 0 unspecified atom stereocenters. The van der Waals surface area contributed by atoms with E-state index in [1.165, 1.54) is 26.0 Å². The molecule has 0 aromatic heterocycles. The van der Waals surface area contributed by atoms with Gasteiger partial charge >= 0.3 is 5.97 Å². The largest absolute Gasteiger partial charge is 0.480 e. The molecule has 0 atom stereocenters. The third kappa shape index (κ3) is 3.40. The normalized spacial score (nSPS) is 12.1. The molecule has 0 aliphatic rings. The molecule has 21 heavy (non-hydrogen) atoms. The van der Waals surface area contributed by atoms with Crippen LogP contribution < -0.4 is 0 Å².